The molecule has 2 rings (SSSR count). The molecule has 2 aromatic rings. The van der Waals surface area contributed by atoms with Gasteiger partial charge < -0.3 is 24.8 Å². The number of carbonyl (C=O) groups is 1. The van der Waals surface area contributed by atoms with Crippen LogP contribution in [0.1, 0.15) is 24.1 Å². The molecule has 0 bridgehead atoms. The third kappa shape index (κ3) is 5.77. The summed E-state index contributed by atoms with van der Waals surface area (Å²) in [5.74, 6) is 1.52. The largest absolute Gasteiger partial charge is 0.493 e. The number of ether oxygens (including phenoxy) is 3. The number of methoxy groups -OCH3 is 3. The minimum absolute atomic E-state index is 0.0363. The highest BCUT2D eigenvalue weighted by atomic mass is 35.5. The Bertz CT molecular complexity index is 740. The van der Waals surface area contributed by atoms with Crippen LogP contribution in [0.25, 0.3) is 0 Å². The number of rotatable bonds is 9. The molecule has 0 radical (unpaired) electrons. The van der Waals surface area contributed by atoms with E-state index in [4.69, 9.17) is 25.8 Å². The molecule has 1 atom stereocenters. The van der Waals surface area contributed by atoms with Crippen molar-refractivity contribution in [1.29, 1.82) is 0 Å². The fourth-order valence-corrected chi connectivity index (χ4v) is 2.74. The minimum Gasteiger partial charge on any atom is -0.493 e. The molecule has 0 aliphatic rings. The molecule has 0 unspecified atom stereocenters. The van der Waals surface area contributed by atoms with Crippen LogP contribution in [-0.4, -0.2) is 33.8 Å². The summed E-state index contributed by atoms with van der Waals surface area (Å²) in [5, 5.41) is 6.76. The van der Waals surface area contributed by atoms with Crippen LogP contribution in [0.2, 0.25) is 5.02 Å². The number of nitrogens with one attached hydrogen (secondary N) is 2. The zero-order chi connectivity index (χ0) is 19.8. The molecule has 2 aromatic carbocycles. The normalized spacial score (nSPS) is 11.6. The van der Waals surface area contributed by atoms with Crippen molar-refractivity contribution in [3.8, 4) is 17.2 Å². The van der Waals surface area contributed by atoms with Gasteiger partial charge >= 0.3 is 0 Å². The summed E-state index contributed by atoms with van der Waals surface area (Å²) < 4.78 is 15.9. The summed E-state index contributed by atoms with van der Waals surface area (Å²) in [6.07, 6.45) is 0. The topological polar surface area (TPSA) is 68.8 Å². The van der Waals surface area contributed by atoms with Crippen molar-refractivity contribution in [2.45, 2.75) is 19.5 Å². The lowest BCUT2D eigenvalue weighted by atomic mass is 10.1. The van der Waals surface area contributed by atoms with Crippen LogP contribution in [-0.2, 0) is 11.3 Å². The molecule has 0 fully saturated rings. The van der Waals surface area contributed by atoms with Crippen molar-refractivity contribution in [2.75, 3.05) is 27.9 Å². The number of halogens is 1. The zero-order valence-electron chi connectivity index (χ0n) is 16.0. The third-order valence-electron chi connectivity index (χ3n) is 4.15. The monoisotopic (exact) mass is 392 g/mol. The second kappa shape index (κ2) is 10.0. The van der Waals surface area contributed by atoms with E-state index in [1.807, 2.05) is 43.3 Å². The van der Waals surface area contributed by atoms with Gasteiger partial charge in [0, 0.05) is 17.6 Å². The maximum absolute atomic E-state index is 12.2. The van der Waals surface area contributed by atoms with Crippen molar-refractivity contribution in [3.63, 3.8) is 0 Å². The van der Waals surface area contributed by atoms with Gasteiger partial charge in [-0.1, -0.05) is 23.7 Å². The van der Waals surface area contributed by atoms with E-state index in [1.54, 1.807) is 21.3 Å². The minimum atomic E-state index is -0.107. The van der Waals surface area contributed by atoms with Crippen LogP contribution < -0.4 is 24.8 Å². The van der Waals surface area contributed by atoms with E-state index >= 15 is 0 Å². The Hall–Kier alpha value is -2.44. The lowest BCUT2D eigenvalue weighted by Crippen LogP contribution is -2.34. The zero-order valence-corrected chi connectivity index (χ0v) is 16.7. The van der Waals surface area contributed by atoms with Gasteiger partial charge in [0.1, 0.15) is 0 Å². The molecule has 1 amide bonds. The molecule has 0 aliphatic carbocycles. The highest BCUT2D eigenvalue weighted by Gasteiger charge is 2.14. The van der Waals surface area contributed by atoms with Gasteiger partial charge in [-0.2, -0.15) is 0 Å². The lowest BCUT2D eigenvalue weighted by molar-refractivity contribution is -0.120. The summed E-state index contributed by atoms with van der Waals surface area (Å²) in [4.78, 5) is 12.2. The molecule has 2 N–H and O–H groups in total. The fraction of sp³-hybridized carbons (Fsp3) is 0.350. The third-order valence-corrected chi connectivity index (χ3v) is 4.40. The van der Waals surface area contributed by atoms with Crippen molar-refractivity contribution < 1.29 is 19.0 Å². The van der Waals surface area contributed by atoms with Gasteiger partial charge in [-0.15, -0.1) is 0 Å². The second-order valence-corrected chi connectivity index (χ2v) is 6.40. The lowest BCUT2D eigenvalue weighted by Gasteiger charge is -2.16. The van der Waals surface area contributed by atoms with E-state index in [0.717, 1.165) is 11.1 Å². The van der Waals surface area contributed by atoms with Crippen LogP contribution >= 0.6 is 11.6 Å². The van der Waals surface area contributed by atoms with Gasteiger partial charge in [0.05, 0.1) is 27.9 Å². The Morgan fingerprint density at radius 1 is 1.04 bits per heavy atom. The summed E-state index contributed by atoms with van der Waals surface area (Å²) >= 11 is 5.90. The van der Waals surface area contributed by atoms with Gasteiger partial charge in [0.15, 0.2) is 11.5 Å². The van der Waals surface area contributed by atoms with Crippen LogP contribution in [0.5, 0.6) is 17.2 Å². The number of carbonyl (C=O) groups excluding carboxylic acids is 1. The predicted molar refractivity (Wildman–Crippen MR) is 106 cm³/mol. The van der Waals surface area contributed by atoms with E-state index in [-0.39, 0.29) is 18.5 Å². The van der Waals surface area contributed by atoms with Gasteiger partial charge in [0.25, 0.3) is 0 Å². The quantitative estimate of drug-likeness (QED) is 0.685. The predicted octanol–water partition coefficient (Wildman–Crippen LogP) is 3.33. The molecule has 146 valence electrons. The summed E-state index contributed by atoms with van der Waals surface area (Å²) in [7, 11) is 4.67. The molecule has 0 aromatic heterocycles. The highest BCUT2D eigenvalue weighted by Crippen LogP contribution is 2.38. The maximum Gasteiger partial charge on any atom is 0.234 e. The van der Waals surface area contributed by atoms with Crippen LogP contribution in [0.4, 0.5) is 0 Å². The highest BCUT2D eigenvalue weighted by molar-refractivity contribution is 6.30. The average molecular weight is 393 g/mol. The van der Waals surface area contributed by atoms with E-state index in [0.29, 0.717) is 28.8 Å². The SMILES string of the molecule is COc1cc(CNC(=O)CN[C@@H](C)c2ccc(Cl)cc2)cc(OC)c1OC. The van der Waals surface area contributed by atoms with Crippen LogP contribution in [0, 0.1) is 0 Å². The molecule has 0 heterocycles. The molecule has 0 saturated carbocycles. The van der Waals surface area contributed by atoms with E-state index in [2.05, 4.69) is 10.6 Å². The van der Waals surface area contributed by atoms with Gasteiger partial charge in [-0.25, -0.2) is 0 Å². The fourth-order valence-electron chi connectivity index (χ4n) is 2.62. The van der Waals surface area contributed by atoms with Crippen molar-refractivity contribution in [2.24, 2.45) is 0 Å². The summed E-state index contributed by atoms with van der Waals surface area (Å²) in [6, 6.07) is 11.2. The summed E-state index contributed by atoms with van der Waals surface area (Å²) in [6.45, 7) is 2.55. The first-order chi connectivity index (χ1) is 13.0. The molecule has 0 spiro atoms. The van der Waals surface area contributed by atoms with Crippen LogP contribution in [0.15, 0.2) is 36.4 Å². The Morgan fingerprint density at radius 3 is 2.15 bits per heavy atom. The Balaban J connectivity index is 1.90. The number of benzene rings is 2. The van der Waals surface area contributed by atoms with Gasteiger partial charge in [0.2, 0.25) is 11.7 Å². The molecule has 0 saturated heterocycles. The molecule has 6 nitrogen and oxygen atoms in total. The summed E-state index contributed by atoms with van der Waals surface area (Å²) in [5.41, 5.74) is 1.92. The average Bonchev–Trinajstić information content (AvgIpc) is 2.69. The van der Waals surface area contributed by atoms with Gasteiger partial charge in [-0.3, -0.25) is 4.79 Å². The Morgan fingerprint density at radius 2 is 1.63 bits per heavy atom. The molecule has 7 heteroatoms. The first-order valence-electron chi connectivity index (χ1n) is 8.53. The Kier molecular flexibility index (Phi) is 7.76. The maximum atomic E-state index is 12.2. The number of hydrogen-bond donors (Lipinski definition) is 2. The number of hydrogen-bond acceptors (Lipinski definition) is 5. The molecular weight excluding hydrogens is 368 g/mol. The van der Waals surface area contributed by atoms with Crippen molar-refractivity contribution in [3.05, 3.63) is 52.5 Å². The van der Waals surface area contributed by atoms with Crippen molar-refractivity contribution in [1.82, 2.24) is 10.6 Å². The van der Waals surface area contributed by atoms with Crippen LogP contribution in [0.3, 0.4) is 0 Å². The van der Waals surface area contributed by atoms with E-state index in [1.165, 1.54) is 0 Å². The standard InChI is InChI=1S/C20H25ClN2O4/c1-13(15-5-7-16(21)8-6-15)22-12-19(24)23-11-14-9-17(25-2)20(27-4)18(10-14)26-3/h5-10,13,22H,11-12H2,1-4H3,(H,23,24)/t13-/m0/s1. The first kappa shape index (κ1) is 20.9. The first-order valence-corrected chi connectivity index (χ1v) is 8.90. The molecular formula is C20H25ClN2O4. The van der Waals surface area contributed by atoms with Gasteiger partial charge in [-0.05, 0) is 42.3 Å². The smallest absolute Gasteiger partial charge is 0.234 e. The number of amides is 1. The molecule has 0 aliphatic heterocycles. The van der Waals surface area contributed by atoms with E-state index in [9.17, 15) is 4.79 Å². The van der Waals surface area contributed by atoms with Crippen molar-refractivity contribution >= 4 is 17.5 Å². The van der Waals surface area contributed by atoms with E-state index < -0.39 is 0 Å². The molecule has 27 heavy (non-hydrogen) atoms. The Labute approximate surface area is 164 Å². The second-order valence-electron chi connectivity index (χ2n) is 5.96.